The molecule has 5 N–H and O–H groups in total. The molecule has 0 spiro atoms. The van der Waals surface area contributed by atoms with Gasteiger partial charge in [-0.3, -0.25) is 19.8 Å². The van der Waals surface area contributed by atoms with Crippen molar-refractivity contribution < 1.29 is 41.1 Å². The number of carbonyl (C=O) groups is 3. The molecule has 0 bridgehead atoms. The summed E-state index contributed by atoms with van der Waals surface area (Å²) in [6.07, 6.45) is -3.95. The van der Waals surface area contributed by atoms with Crippen molar-refractivity contribution in [1.82, 2.24) is 0 Å². The minimum absolute atomic E-state index is 0.0226. The van der Waals surface area contributed by atoms with Crippen molar-refractivity contribution in [2.24, 2.45) is 5.73 Å². The van der Waals surface area contributed by atoms with E-state index in [-0.39, 0.29) is 33.7 Å². The minimum atomic E-state index is -4.64. The molecule has 3 rings (SSSR count). The summed E-state index contributed by atoms with van der Waals surface area (Å²) in [7, 11) is -3.90. The maximum atomic E-state index is 13.5. The Morgan fingerprint density at radius 3 is 2.38 bits per heavy atom. The van der Waals surface area contributed by atoms with E-state index in [1.165, 1.54) is 35.7 Å². The van der Waals surface area contributed by atoms with Gasteiger partial charge in [0.15, 0.2) is 0 Å². The minimum Gasteiger partial charge on any atom is -0.481 e. The second-order valence-corrected chi connectivity index (χ2v) is 13.5. The summed E-state index contributed by atoms with van der Waals surface area (Å²) in [5, 5.41) is 19.3. The number of hydrogen-bond acceptors (Lipinski definition) is 9. The van der Waals surface area contributed by atoms with Gasteiger partial charge >= 0.3 is 12.1 Å². The summed E-state index contributed by atoms with van der Waals surface area (Å²) in [5.74, 6) is -0.950. The van der Waals surface area contributed by atoms with Gasteiger partial charge in [-0.05, 0) is 48.6 Å². The maximum Gasteiger partial charge on any atom is 0.446 e. The zero-order valence-corrected chi connectivity index (χ0v) is 25.4. The van der Waals surface area contributed by atoms with Crippen LogP contribution in [0.3, 0.4) is 0 Å². The van der Waals surface area contributed by atoms with E-state index in [0.29, 0.717) is 31.7 Å². The first-order chi connectivity index (χ1) is 19.6. The van der Waals surface area contributed by atoms with Gasteiger partial charge in [-0.15, -0.1) is 23.1 Å². The highest BCUT2D eigenvalue weighted by Crippen LogP contribution is 2.39. The Hall–Kier alpha value is -3.34. The molecule has 16 heteroatoms. The van der Waals surface area contributed by atoms with Crippen LogP contribution in [-0.2, 0) is 24.2 Å². The van der Waals surface area contributed by atoms with Crippen molar-refractivity contribution in [3.63, 3.8) is 0 Å². The van der Waals surface area contributed by atoms with E-state index in [4.69, 9.17) is 21.0 Å². The van der Waals surface area contributed by atoms with Gasteiger partial charge in [0.25, 0.3) is 0 Å². The monoisotopic (exact) mass is 661 g/mol. The molecule has 0 saturated heterocycles. The van der Waals surface area contributed by atoms with E-state index in [1.54, 1.807) is 36.6 Å². The largest absolute Gasteiger partial charge is 0.481 e. The predicted octanol–water partition coefficient (Wildman–Crippen LogP) is 5.46. The first-order valence-corrected chi connectivity index (χ1v) is 16.4. The second-order valence-electron chi connectivity index (χ2n) is 8.31. The average Bonchev–Trinajstić information content (AvgIpc) is 3.37. The van der Waals surface area contributed by atoms with Crippen LogP contribution < -0.4 is 11.1 Å². The lowest BCUT2D eigenvalue weighted by Crippen LogP contribution is -2.15. The molecule has 2 aromatic carbocycles. The third-order valence-corrected chi connectivity index (χ3v) is 10.5. The number of aryl methyl sites for hydroxylation is 1. The van der Waals surface area contributed by atoms with Crippen LogP contribution in [0.4, 0.5) is 18.9 Å². The van der Waals surface area contributed by atoms with Crippen LogP contribution in [-0.4, -0.2) is 61.5 Å². The fourth-order valence-corrected chi connectivity index (χ4v) is 8.06. The predicted molar refractivity (Wildman–Crippen MR) is 160 cm³/mol. The van der Waals surface area contributed by atoms with Gasteiger partial charge in [0.1, 0.15) is 5.84 Å². The molecule has 1 heterocycles. The number of aldehydes is 1. The molecule has 1 amide bonds. The van der Waals surface area contributed by atoms with E-state index >= 15 is 0 Å². The molecule has 9 nitrogen and oxygen atoms in total. The van der Waals surface area contributed by atoms with Crippen LogP contribution in [0, 0.1) is 12.3 Å². The lowest BCUT2D eigenvalue weighted by Gasteiger charge is -2.15. The van der Waals surface area contributed by atoms with E-state index < -0.39 is 28.3 Å². The lowest BCUT2D eigenvalue weighted by molar-refractivity contribution is -0.156. The average molecular weight is 662 g/mol. The van der Waals surface area contributed by atoms with Gasteiger partial charge in [-0.2, -0.15) is 24.9 Å². The van der Waals surface area contributed by atoms with Crippen LogP contribution in [0.15, 0.2) is 62.5 Å². The molecule has 0 aliphatic rings. The van der Waals surface area contributed by atoms with Crippen LogP contribution in [0.5, 0.6) is 0 Å². The number of sulfone groups is 1. The molecule has 0 radical (unpaired) electrons. The van der Waals surface area contributed by atoms with Crippen LogP contribution >= 0.6 is 34.9 Å². The third kappa shape index (κ3) is 9.89. The lowest BCUT2D eigenvalue weighted by atomic mass is 9.98. The summed E-state index contributed by atoms with van der Waals surface area (Å²) in [6, 6.07) is 13.4. The number of nitrogens with one attached hydrogen (secondary N) is 2. The molecule has 0 saturated carbocycles. The van der Waals surface area contributed by atoms with Crippen molar-refractivity contribution in [3.05, 3.63) is 59.0 Å². The molecule has 3 aromatic rings. The van der Waals surface area contributed by atoms with Gasteiger partial charge in [0.2, 0.25) is 22.0 Å². The van der Waals surface area contributed by atoms with Crippen LogP contribution in [0.25, 0.3) is 11.1 Å². The van der Waals surface area contributed by atoms with Gasteiger partial charge in [0, 0.05) is 17.0 Å². The second kappa shape index (κ2) is 15.2. The summed E-state index contributed by atoms with van der Waals surface area (Å²) >= 11 is 3.67. The maximum absolute atomic E-state index is 13.5. The Labute approximate surface area is 252 Å². The van der Waals surface area contributed by atoms with Crippen molar-refractivity contribution in [3.8, 4) is 11.1 Å². The highest BCUT2D eigenvalue weighted by Gasteiger charge is 2.26. The third-order valence-electron chi connectivity index (χ3n) is 5.21. The summed E-state index contributed by atoms with van der Waals surface area (Å²) < 4.78 is 58.9. The highest BCUT2D eigenvalue weighted by atomic mass is 32.2. The van der Waals surface area contributed by atoms with Gasteiger partial charge in [-0.25, -0.2) is 8.42 Å². The summed E-state index contributed by atoms with van der Waals surface area (Å²) in [5.41, 5.74) is 8.28. The number of carboxylic acid groups (broad SMARTS) is 1. The summed E-state index contributed by atoms with van der Waals surface area (Å²) in [4.78, 5) is 32.4. The van der Waals surface area contributed by atoms with Crippen molar-refractivity contribution in [2.75, 3.05) is 23.1 Å². The fraction of sp³-hybridized carbons (Fsp3) is 0.231. The van der Waals surface area contributed by atoms with E-state index in [1.807, 2.05) is 13.0 Å². The topological polar surface area (TPSA) is 167 Å². The molecule has 226 valence electrons. The number of hydrogen-bond donors (Lipinski definition) is 4. The molecule has 1 aromatic heterocycles. The SMILES string of the molecule is CSc1sc(C(=N)N)cc1S(=O)(=O)c1cccc(-c2c(C)cccc2NC(=O)CSCCC(=O)O)c1.O=CC(F)(F)F. The highest BCUT2D eigenvalue weighted by molar-refractivity contribution is 8.01. The number of halogens is 3. The molecular weight excluding hydrogens is 636 g/mol. The Bertz CT molecular complexity index is 1570. The quantitative estimate of drug-likeness (QED) is 0.0686. The van der Waals surface area contributed by atoms with Gasteiger partial charge in [-0.1, -0.05) is 24.3 Å². The van der Waals surface area contributed by atoms with Crippen molar-refractivity contribution in [2.45, 2.75) is 33.5 Å². The zero-order valence-electron chi connectivity index (χ0n) is 22.2. The number of amides is 1. The number of amidine groups is 1. The number of carbonyl (C=O) groups excluding carboxylic acids is 2. The number of anilines is 1. The molecule has 0 fully saturated rings. The Kier molecular flexibility index (Phi) is 12.6. The van der Waals surface area contributed by atoms with Crippen molar-refractivity contribution in [1.29, 1.82) is 5.41 Å². The van der Waals surface area contributed by atoms with Crippen LogP contribution in [0.1, 0.15) is 16.9 Å². The zero-order chi connectivity index (χ0) is 31.7. The molecule has 42 heavy (non-hydrogen) atoms. The number of nitrogen functional groups attached to an aromatic ring is 1. The molecule has 0 aliphatic carbocycles. The number of thioether (sulfide) groups is 2. The molecule has 0 aliphatic heterocycles. The fourth-order valence-electron chi connectivity index (χ4n) is 3.43. The first-order valence-electron chi connectivity index (χ1n) is 11.7. The smallest absolute Gasteiger partial charge is 0.446 e. The number of carboxylic acids is 1. The standard InChI is InChI=1S/C24H25N3O5S4.C2HF3O/c1-14-5-3-8-17(27-20(28)13-34-10-9-21(29)30)22(14)15-6-4-7-16(11-15)36(31,32)19-12-18(23(25)26)35-24(19)33-2;3-2(4,5)1-6/h3-8,11-12H,9-10,13H2,1-2H3,(H3,25,26)(H,27,28)(H,29,30);1H. The number of nitrogens with two attached hydrogens (primary N) is 1. The number of alkyl halides is 3. The molecule has 0 atom stereocenters. The number of thiophene rings is 1. The number of benzene rings is 2. The molecule has 0 unspecified atom stereocenters. The van der Waals surface area contributed by atoms with E-state index in [9.17, 15) is 31.2 Å². The Morgan fingerprint density at radius 1 is 1.17 bits per heavy atom. The van der Waals surface area contributed by atoms with E-state index in [2.05, 4.69) is 5.32 Å². The first kappa shape index (κ1) is 34.9. The Balaban J connectivity index is 0.000000928. The number of aliphatic carboxylic acids is 1. The summed E-state index contributed by atoms with van der Waals surface area (Å²) in [6.45, 7) is 1.87. The van der Waals surface area contributed by atoms with Gasteiger partial charge in [0.05, 0.1) is 31.1 Å². The number of rotatable bonds is 11. The normalized spacial score (nSPS) is 11.3. The van der Waals surface area contributed by atoms with E-state index in [0.717, 1.165) is 16.9 Å². The van der Waals surface area contributed by atoms with Crippen molar-refractivity contribution >= 4 is 74.4 Å². The Morgan fingerprint density at radius 2 is 1.81 bits per heavy atom. The van der Waals surface area contributed by atoms with Gasteiger partial charge < -0.3 is 16.2 Å². The van der Waals surface area contributed by atoms with Crippen LogP contribution in [0.2, 0.25) is 0 Å². The molecular formula is C26H26F3N3O6S4.